The lowest BCUT2D eigenvalue weighted by molar-refractivity contribution is 0.0745. The number of hydrogen-bond donors (Lipinski definition) is 1. The number of amides is 1. The average molecular weight is 313 g/mol. The van der Waals surface area contributed by atoms with Crippen LogP contribution in [-0.2, 0) is 0 Å². The first-order valence-electron chi connectivity index (χ1n) is 7.55. The Kier molecular flexibility index (Phi) is 4.32. The summed E-state index contributed by atoms with van der Waals surface area (Å²) in [6.07, 6.45) is 1.53. The van der Waals surface area contributed by atoms with Crippen molar-refractivity contribution in [1.82, 2.24) is 9.88 Å². The van der Waals surface area contributed by atoms with E-state index in [2.05, 4.69) is 9.88 Å². The highest BCUT2D eigenvalue weighted by Gasteiger charge is 2.23. The van der Waals surface area contributed by atoms with Crippen molar-refractivity contribution >= 4 is 11.6 Å². The second kappa shape index (κ2) is 6.56. The minimum absolute atomic E-state index is 0.199. The molecule has 1 amide bonds. The van der Waals surface area contributed by atoms with Crippen LogP contribution in [0.15, 0.2) is 47.4 Å². The van der Waals surface area contributed by atoms with Gasteiger partial charge in [-0.05, 0) is 36.4 Å². The Morgan fingerprint density at radius 3 is 2.39 bits per heavy atom. The van der Waals surface area contributed by atoms with Gasteiger partial charge in [0, 0.05) is 38.1 Å². The predicted octanol–water partition coefficient (Wildman–Crippen LogP) is 1.35. The van der Waals surface area contributed by atoms with E-state index in [1.165, 1.54) is 6.20 Å². The monoisotopic (exact) mass is 313 g/mol. The van der Waals surface area contributed by atoms with Crippen LogP contribution in [0, 0.1) is 0 Å². The van der Waals surface area contributed by atoms with E-state index in [0.717, 1.165) is 24.5 Å². The van der Waals surface area contributed by atoms with Gasteiger partial charge in [-0.2, -0.15) is 0 Å². The third-order valence-electron chi connectivity index (χ3n) is 4.05. The number of carbonyl (C=O) groups excluding carboxylic acids is 1. The van der Waals surface area contributed by atoms with Crippen LogP contribution in [0.1, 0.15) is 10.4 Å². The van der Waals surface area contributed by atoms with Gasteiger partial charge in [-0.3, -0.25) is 9.59 Å². The Balaban J connectivity index is 1.65. The third kappa shape index (κ3) is 3.21. The van der Waals surface area contributed by atoms with E-state index >= 15 is 0 Å². The Labute approximate surface area is 134 Å². The van der Waals surface area contributed by atoms with Gasteiger partial charge in [-0.25, -0.2) is 0 Å². The van der Waals surface area contributed by atoms with Crippen LogP contribution in [0.3, 0.4) is 0 Å². The van der Waals surface area contributed by atoms with Crippen molar-refractivity contribution in [3.8, 4) is 5.75 Å². The van der Waals surface area contributed by atoms with Crippen LogP contribution in [-0.4, -0.2) is 49.1 Å². The lowest BCUT2D eigenvalue weighted by Gasteiger charge is -2.36. The summed E-state index contributed by atoms with van der Waals surface area (Å²) in [6, 6.07) is 11.1. The summed E-state index contributed by atoms with van der Waals surface area (Å²) >= 11 is 0. The summed E-state index contributed by atoms with van der Waals surface area (Å²) in [7, 11) is 1.64. The topological polar surface area (TPSA) is 65.6 Å². The molecule has 2 heterocycles. The molecule has 1 saturated heterocycles. The molecule has 0 aliphatic carbocycles. The summed E-state index contributed by atoms with van der Waals surface area (Å²) in [5.74, 6) is 0.618. The second-order valence-electron chi connectivity index (χ2n) is 5.39. The van der Waals surface area contributed by atoms with E-state index in [4.69, 9.17) is 4.74 Å². The van der Waals surface area contributed by atoms with Gasteiger partial charge in [0.15, 0.2) is 0 Å². The number of benzene rings is 1. The van der Waals surface area contributed by atoms with Crippen LogP contribution in [0.25, 0.3) is 0 Å². The minimum Gasteiger partial charge on any atom is -0.497 e. The molecule has 1 aromatic carbocycles. The van der Waals surface area contributed by atoms with Crippen molar-refractivity contribution in [2.75, 3.05) is 38.2 Å². The summed E-state index contributed by atoms with van der Waals surface area (Å²) in [4.78, 5) is 30.6. The largest absolute Gasteiger partial charge is 0.497 e. The van der Waals surface area contributed by atoms with Crippen LogP contribution < -0.4 is 15.2 Å². The Bertz CT molecular complexity index is 731. The van der Waals surface area contributed by atoms with Crippen molar-refractivity contribution in [1.29, 1.82) is 0 Å². The molecule has 0 atom stereocenters. The fourth-order valence-electron chi connectivity index (χ4n) is 2.72. The summed E-state index contributed by atoms with van der Waals surface area (Å²) in [6.45, 7) is 2.67. The molecule has 23 heavy (non-hydrogen) atoms. The van der Waals surface area contributed by atoms with Gasteiger partial charge in [0.25, 0.3) is 11.5 Å². The highest BCUT2D eigenvalue weighted by atomic mass is 16.5. The smallest absolute Gasteiger partial charge is 0.260 e. The van der Waals surface area contributed by atoms with E-state index in [9.17, 15) is 9.59 Å². The van der Waals surface area contributed by atoms with Crippen LogP contribution in [0.2, 0.25) is 0 Å². The predicted molar refractivity (Wildman–Crippen MR) is 88.2 cm³/mol. The van der Waals surface area contributed by atoms with Crippen molar-refractivity contribution < 1.29 is 9.53 Å². The minimum atomic E-state index is -0.338. The normalized spacial score (nSPS) is 14.7. The zero-order valence-corrected chi connectivity index (χ0v) is 13.0. The van der Waals surface area contributed by atoms with Gasteiger partial charge >= 0.3 is 0 Å². The zero-order chi connectivity index (χ0) is 16.2. The first-order valence-corrected chi connectivity index (χ1v) is 7.55. The number of H-pyrrole nitrogens is 1. The van der Waals surface area contributed by atoms with Crippen LogP contribution in [0.5, 0.6) is 5.75 Å². The fraction of sp³-hybridized carbons (Fsp3) is 0.294. The molecule has 2 aromatic rings. The number of aromatic amines is 1. The van der Waals surface area contributed by atoms with Gasteiger partial charge in [-0.1, -0.05) is 0 Å². The van der Waals surface area contributed by atoms with Crippen molar-refractivity contribution in [3.63, 3.8) is 0 Å². The number of aromatic nitrogens is 1. The molecule has 1 aliphatic rings. The number of anilines is 1. The summed E-state index contributed by atoms with van der Waals surface area (Å²) < 4.78 is 5.16. The molecule has 1 N–H and O–H groups in total. The molecule has 0 unspecified atom stereocenters. The maximum atomic E-state index is 12.4. The number of methoxy groups -OCH3 is 1. The SMILES string of the molecule is COc1ccc(N2CCN(C(=O)c3ccc[nH]c3=O)CC2)cc1. The van der Waals surface area contributed by atoms with Crippen LogP contribution >= 0.6 is 0 Å². The fourth-order valence-corrected chi connectivity index (χ4v) is 2.72. The molecule has 1 aromatic heterocycles. The van der Waals surface area contributed by atoms with Gasteiger partial charge in [-0.15, -0.1) is 0 Å². The van der Waals surface area contributed by atoms with E-state index in [0.29, 0.717) is 13.1 Å². The molecule has 1 fully saturated rings. The lowest BCUT2D eigenvalue weighted by atomic mass is 10.2. The number of pyridine rings is 1. The average Bonchev–Trinajstić information content (AvgIpc) is 2.62. The number of carbonyl (C=O) groups is 1. The van der Waals surface area contributed by atoms with Gasteiger partial charge in [0.05, 0.1) is 7.11 Å². The Morgan fingerprint density at radius 1 is 1.09 bits per heavy atom. The number of hydrogen-bond acceptors (Lipinski definition) is 4. The Morgan fingerprint density at radius 2 is 1.78 bits per heavy atom. The maximum absolute atomic E-state index is 12.4. The van der Waals surface area contributed by atoms with E-state index < -0.39 is 0 Å². The van der Waals surface area contributed by atoms with Crippen molar-refractivity contribution in [2.24, 2.45) is 0 Å². The van der Waals surface area contributed by atoms with Crippen molar-refractivity contribution in [3.05, 3.63) is 58.5 Å². The molecular weight excluding hydrogens is 294 g/mol. The first-order chi connectivity index (χ1) is 11.2. The first kappa shape index (κ1) is 15.1. The van der Waals surface area contributed by atoms with Gasteiger partial charge in [0.1, 0.15) is 11.3 Å². The molecule has 0 saturated carbocycles. The number of nitrogens with one attached hydrogen (secondary N) is 1. The molecule has 6 heteroatoms. The van der Waals surface area contributed by atoms with E-state index in [-0.39, 0.29) is 17.0 Å². The second-order valence-corrected chi connectivity index (χ2v) is 5.39. The molecule has 0 radical (unpaired) electrons. The van der Waals surface area contributed by atoms with Crippen molar-refractivity contribution in [2.45, 2.75) is 0 Å². The number of ether oxygens (including phenoxy) is 1. The molecule has 6 nitrogen and oxygen atoms in total. The summed E-state index contributed by atoms with van der Waals surface area (Å²) in [5.41, 5.74) is 0.968. The molecule has 120 valence electrons. The third-order valence-corrected chi connectivity index (χ3v) is 4.05. The molecule has 0 bridgehead atoms. The molecule has 1 aliphatic heterocycles. The summed E-state index contributed by atoms with van der Waals surface area (Å²) in [5, 5.41) is 0. The highest BCUT2D eigenvalue weighted by molar-refractivity contribution is 5.94. The molecule has 0 spiro atoms. The lowest BCUT2D eigenvalue weighted by Crippen LogP contribution is -2.49. The zero-order valence-electron chi connectivity index (χ0n) is 13.0. The molecule has 3 rings (SSSR count). The van der Waals surface area contributed by atoms with Gasteiger partial charge < -0.3 is 19.5 Å². The highest BCUT2D eigenvalue weighted by Crippen LogP contribution is 2.20. The quantitative estimate of drug-likeness (QED) is 0.929. The number of nitrogens with zero attached hydrogens (tertiary/aromatic N) is 2. The standard InChI is InChI=1S/C17H19N3O3/c1-23-14-6-4-13(5-7-14)19-9-11-20(12-10-19)17(22)15-3-2-8-18-16(15)21/h2-8H,9-12H2,1H3,(H,18,21). The number of rotatable bonds is 3. The molecular formula is C17H19N3O3. The maximum Gasteiger partial charge on any atom is 0.260 e. The number of piperazine rings is 1. The van der Waals surface area contributed by atoms with Crippen LogP contribution in [0.4, 0.5) is 5.69 Å². The van der Waals surface area contributed by atoms with Gasteiger partial charge in [0.2, 0.25) is 0 Å². The van der Waals surface area contributed by atoms with E-state index in [1.54, 1.807) is 24.1 Å². The van der Waals surface area contributed by atoms with E-state index in [1.807, 2.05) is 24.3 Å². The Hall–Kier alpha value is -2.76.